The molecule has 1 saturated heterocycles. The highest BCUT2D eigenvalue weighted by Crippen LogP contribution is 2.23. The lowest BCUT2D eigenvalue weighted by atomic mass is 10.2. The monoisotopic (exact) mass is 474 g/mol. The number of aromatic nitrogens is 2. The molecule has 1 aromatic carbocycles. The molecule has 32 heavy (non-hydrogen) atoms. The predicted molar refractivity (Wildman–Crippen MR) is 113 cm³/mol. The Kier molecular flexibility index (Phi) is 8.15. The van der Waals surface area contributed by atoms with Crippen molar-refractivity contribution in [3.8, 4) is 0 Å². The lowest BCUT2D eigenvalue weighted by molar-refractivity contribution is -0.133. The van der Waals surface area contributed by atoms with Crippen LogP contribution in [-0.2, 0) is 37.8 Å². The van der Waals surface area contributed by atoms with Gasteiger partial charge in [-0.25, -0.2) is 22.2 Å². The molecule has 1 amide bonds. The summed E-state index contributed by atoms with van der Waals surface area (Å²) >= 11 is 0. The molecule has 0 spiro atoms. The Morgan fingerprint density at radius 2 is 2.03 bits per heavy atom. The van der Waals surface area contributed by atoms with Crippen LogP contribution >= 0.6 is 0 Å². The molecule has 1 aliphatic rings. The zero-order valence-corrected chi connectivity index (χ0v) is 19.0. The van der Waals surface area contributed by atoms with Gasteiger partial charge in [0.1, 0.15) is 5.82 Å². The van der Waals surface area contributed by atoms with Crippen molar-refractivity contribution in [1.29, 1.82) is 0 Å². The molecule has 0 atom stereocenters. The number of fused-ring (bicyclic) bond motifs is 1. The van der Waals surface area contributed by atoms with Crippen molar-refractivity contribution >= 4 is 27.0 Å². The van der Waals surface area contributed by atoms with Gasteiger partial charge in [0.05, 0.1) is 42.3 Å². The van der Waals surface area contributed by atoms with Crippen LogP contribution in [-0.4, -0.2) is 92.6 Å². The summed E-state index contributed by atoms with van der Waals surface area (Å²) < 4.78 is 64.7. The first-order valence-corrected chi connectivity index (χ1v) is 11.8. The highest BCUT2D eigenvalue weighted by molar-refractivity contribution is 7.89. The van der Waals surface area contributed by atoms with Gasteiger partial charge < -0.3 is 18.9 Å². The van der Waals surface area contributed by atoms with Gasteiger partial charge >= 0.3 is 0 Å². The minimum atomic E-state index is -3.65. The number of sulfonamides is 1. The third-order valence-electron chi connectivity index (χ3n) is 5.39. The summed E-state index contributed by atoms with van der Waals surface area (Å²) in [5.74, 6) is 0.156. The second kappa shape index (κ2) is 10.6. The van der Waals surface area contributed by atoms with E-state index in [4.69, 9.17) is 9.47 Å². The summed E-state index contributed by atoms with van der Waals surface area (Å²) in [6, 6.07) is 4.74. The van der Waals surface area contributed by atoms with Crippen molar-refractivity contribution in [3.63, 3.8) is 0 Å². The first kappa shape index (κ1) is 24.5. The van der Waals surface area contributed by atoms with Gasteiger partial charge in [0, 0.05) is 46.6 Å². The summed E-state index contributed by atoms with van der Waals surface area (Å²) in [4.78, 5) is 18.2. The molecule has 178 valence electrons. The molecule has 0 N–H and O–H groups in total. The zero-order valence-electron chi connectivity index (χ0n) is 18.2. The van der Waals surface area contributed by atoms with E-state index in [1.807, 2.05) is 0 Å². The van der Waals surface area contributed by atoms with Crippen molar-refractivity contribution in [2.45, 2.75) is 24.2 Å². The third kappa shape index (κ3) is 5.61. The van der Waals surface area contributed by atoms with Gasteiger partial charge in [-0.15, -0.1) is 0 Å². The maximum Gasteiger partial charge on any atom is 0.255 e. The molecular weight excluding hydrogens is 446 g/mol. The number of ether oxygens (including phenoxy) is 2. The molecule has 12 heteroatoms. The van der Waals surface area contributed by atoms with E-state index in [9.17, 15) is 22.0 Å². The van der Waals surface area contributed by atoms with E-state index >= 15 is 0 Å². The van der Waals surface area contributed by atoms with Gasteiger partial charge in [-0.2, -0.15) is 4.31 Å². The van der Waals surface area contributed by atoms with Gasteiger partial charge in [0.25, 0.3) is 6.43 Å². The molecule has 1 aliphatic heterocycles. The summed E-state index contributed by atoms with van der Waals surface area (Å²) in [5.41, 5.74) is 1.21. The molecule has 2 aromatic rings. The van der Waals surface area contributed by atoms with Gasteiger partial charge in [0.15, 0.2) is 0 Å². The van der Waals surface area contributed by atoms with Crippen molar-refractivity contribution in [2.24, 2.45) is 7.05 Å². The normalized spacial score (nSPS) is 15.5. The number of imidazole rings is 1. The van der Waals surface area contributed by atoms with Crippen LogP contribution in [0.3, 0.4) is 0 Å². The first-order chi connectivity index (χ1) is 15.2. The second-order valence-electron chi connectivity index (χ2n) is 7.48. The number of morpholine rings is 1. The SMILES string of the molecule is COCCN(CC(F)F)C(=O)CCc1nc2cc(S(=O)(=O)N3CCOCC3)ccc2n1C. The maximum atomic E-state index is 12.9. The standard InChI is InChI=1S/C20H28F2N4O5S/c1-24-17-4-3-15(32(28,29)26-8-11-31-12-9-26)13-16(17)23-19(24)5-6-20(27)25(7-10-30-2)14-18(21)22/h3-4,13,18H,5-12,14H2,1-2H3. The minimum Gasteiger partial charge on any atom is -0.383 e. The fourth-order valence-electron chi connectivity index (χ4n) is 3.61. The van der Waals surface area contributed by atoms with Gasteiger partial charge in [-0.3, -0.25) is 4.79 Å². The van der Waals surface area contributed by atoms with Crippen molar-refractivity contribution < 1.29 is 31.5 Å². The van der Waals surface area contributed by atoms with E-state index in [0.717, 1.165) is 10.4 Å². The van der Waals surface area contributed by atoms with E-state index in [0.29, 0.717) is 37.6 Å². The third-order valence-corrected chi connectivity index (χ3v) is 7.29. The van der Waals surface area contributed by atoms with E-state index in [1.54, 1.807) is 23.7 Å². The molecule has 3 rings (SSSR count). The molecule has 0 bridgehead atoms. The Morgan fingerprint density at radius 1 is 1.31 bits per heavy atom. The smallest absolute Gasteiger partial charge is 0.255 e. The zero-order chi connectivity index (χ0) is 23.3. The number of halogens is 2. The number of hydrogen-bond acceptors (Lipinski definition) is 6. The number of amides is 1. The number of methoxy groups -OCH3 is 1. The number of carbonyl (C=O) groups is 1. The molecule has 0 saturated carbocycles. The summed E-state index contributed by atoms with van der Waals surface area (Å²) in [6.07, 6.45) is -2.38. The molecule has 1 aromatic heterocycles. The van der Waals surface area contributed by atoms with Crippen molar-refractivity contribution in [2.75, 3.05) is 53.1 Å². The Hall–Kier alpha value is -2.15. The number of alkyl halides is 2. The van der Waals surface area contributed by atoms with E-state index in [2.05, 4.69) is 4.98 Å². The van der Waals surface area contributed by atoms with Crippen molar-refractivity contribution in [3.05, 3.63) is 24.0 Å². The molecule has 9 nitrogen and oxygen atoms in total. The fourth-order valence-corrected chi connectivity index (χ4v) is 5.04. The Labute approximate surface area is 185 Å². The number of aryl methyl sites for hydroxylation is 2. The summed E-state index contributed by atoms with van der Waals surface area (Å²) in [7, 11) is -0.441. The molecule has 0 unspecified atom stereocenters. The van der Waals surface area contributed by atoms with Crippen LogP contribution < -0.4 is 0 Å². The van der Waals surface area contributed by atoms with Crippen molar-refractivity contribution in [1.82, 2.24) is 18.8 Å². The van der Waals surface area contributed by atoms with Crippen LogP contribution in [0.4, 0.5) is 8.78 Å². The number of benzene rings is 1. The van der Waals surface area contributed by atoms with E-state index in [1.165, 1.54) is 17.5 Å². The van der Waals surface area contributed by atoms with E-state index < -0.39 is 28.9 Å². The van der Waals surface area contributed by atoms with Gasteiger partial charge in [0.2, 0.25) is 15.9 Å². The highest BCUT2D eigenvalue weighted by atomic mass is 32.2. The predicted octanol–water partition coefficient (Wildman–Crippen LogP) is 1.27. The molecule has 1 fully saturated rings. The summed E-state index contributed by atoms with van der Waals surface area (Å²) in [5, 5.41) is 0. The molecular formula is C20H28F2N4O5S. The molecule has 0 aliphatic carbocycles. The first-order valence-electron chi connectivity index (χ1n) is 10.3. The Bertz CT molecular complexity index is 1040. The van der Waals surface area contributed by atoms with Crippen LogP contribution in [0.25, 0.3) is 11.0 Å². The largest absolute Gasteiger partial charge is 0.383 e. The minimum absolute atomic E-state index is 0.00648. The lowest BCUT2D eigenvalue weighted by Crippen LogP contribution is -2.40. The van der Waals surface area contributed by atoms with Gasteiger partial charge in [-0.05, 0) is 18.2 Å². The number of nitrogens with zero attached hydrogens (tertiary/aromatic N) is 4. The molecule has 0 radical (unpaired) electrons. The Morgan fingerprint density at radius 3 is 2.69 bits per heavy atom. The summed E-state index contributed by atoms with van der Waals surface area (Å²) in [6.45, 7) is 0.929. The quantitative estimate of drug-likeness (QED) is 0.515. The Balaban J connectivity index is 1.75. The highest BCUT2D eigenvalue weighted by Gasteiger charge is 2.27. The maximum absolute atomic E-state index is 12.9. The van der Waals surface area contributed by atoms with Crippen LogP contribution in [0.15, 0.2) is 23.1 Å². The fraction of sp³-hybridized carbons (Fsp3) is 0.600. The number of carbonyl (C=O) groups excluding carboxylic acids is 1. The van der Waals surface area contributed by atoms with Gasteiger partial charge in [-0.1, -0.05) is 0 Å². The topological polar surface area (TPSA) is 94.0 Å². The average Bonchev–Trinajstić information content (AvgIpc) is 3.10. The van der Waals surface area contributed by atoms with Crippen LogP contribution in [0.5, 0.6) is 0 Å². The van der Waals surface area contributed by atoms with E-state index in [-0.39, 0.29) is 30.9 Å². The molecule has 2 heterocycles. The van der Waals surface area contributed by atoms with Crippen LogP contribution in [0.1, 0.15) is 12.2 Å². The lowest BCUT2D eigenvalue weighted by Gasteiger charge is -2.26. The second-order valence-corrected chi connectivity index (χ2v) is 9.42. The average molecular weight is 475 g/mol. The number of rotatable bonds is 10. The number of hydrogen-bond donors (Lipinski definition) is 0. The van der Waals surface area contributed by atoms with Crippen LogP contribution in [0, 0.1) is 0 Å². The van der Waals surface area contributed by atoms with Crippen LogP contribution in [0.2, 0.25) is 0 Å².